The van der Waals surface area contributed by atoms with Gasteiger partial charge < -0.3 is 20.3 Å². The summed E-state index contributed by atoms with van der Waals surface area (Å²) in [4.78, 5) is 11.5. The van der Waals surface area contributed by atoms with Crippen LogP contribution < -0.4 is 15.4 Å². The van der Waals surface area contributed by atoms with Crippen molar-refractivity contribution in [1.29, 1.82) is 0 Å². The molecule has 0 aliphatic carbocycles. The van der Waals surface area contributed by atoms with Gasteiger partial charge in [0, 0.05) is 37.4 Å². The van der Waals surface area contributed by atoms with Crippen molar-refractivity contribution in [2.45, 2.75) is 45.7 Å². The molecule has 0 radical (unpaired) electrons. The molecule has 0 amide bonds. The summed E-state index contributed by atoms with van der Waals surface area (Å²) >= 11 is 0. The number of guanidine groups is 1. The minimum atomic E-state index is 0.492. The van der Waals surface area contributed by atoms with Crippen LogP contribution in [0.5, 0.6) is 5.88 Å². The fourth-order valence-corrected chi connectivity index (χ4v) is 3.02. The van der Waals surface area contributed by atoms with Gasteiger partial charge in [0.15, 0.2) is 5.96 Å². The number of pyridine rings is 1. The predicted octanol–water partition coefficient (Wildman–Crippen LogP) is 2.02. The second-order valence-electron chi connectivity index (χ2n) is 6.13. The number of aliphatic imine (C=N–C) groups is 1. The summed E-state index contributed by atoms with van der Waals surface area (Å²) in [6.45, 7) is 9.29. The van der Waals surface area contributed by atoms with Crippen LogP contribution in [0, 0.1) is 0 Å². The summed E-state index contributed by atoms with van der Waals surface area (Å²) in [6, 6.07) is 4.41. The molecule has 134 valence electrons. The number of aromatic nitrogens is 1. The van der Waals surface area contributed by atoms with Gasteiger partial charge in [-0.3, -0.25) is 0 Å². The first-order chi connectivity index (χ1) is 11.8. The highest BCUT2D eigenvalue weighted by atomic mass is 16.5. The van der Waals surface area contributed by atoms with Crippen molar-refractivity contribution in [3.05, 3.63) is 23.9 Å². The molecule has 24 heavy (non-hydrogen) atoms. The zero-order chi connectivity index (χ0) is 17.2. The molecule has 0 atom stereocenters. The van der Waals surface area contributed by atoms with Crippen molar-refractivity contribution in [3.8, 4) is 5.88 Å². The third-order valence-electron chi connectivity index (χ3n) is 4.26. The molecule has 1 aliphatic rings. The number of piperidine rings is 1. The number of rotatable bonds is 7. The zero-order valence-electron chi connectivity index (χ0n) is 15.2. The third kappa shape index (κ3) is 5.67. The van der Waals surface area contributed by atoms with Crippen LogP contribution in [-0.4, -0.2) is 55.2 Å². The molecular formula is C18H31N5O. The summed E-state index contributed by atoms with van der Waals surface area (Å²) in [6.07, 6.45) is 5.30. The first kappa shape index (κ1) is 18.5. The minimum Gasteiger partial charge on any atom is -0.481 e. The zero-order valence-corrected chi connectivity index (χ0v) is 15.2. The molecule has 1 saturated heterocycles. The van der Waals surface area contributed by atoms with E-state index >= 15 is 0 Å². The van der Waals surface area contributed by atoms with Gasteiger partial charge in [0.25, 0.3) is 0 Å². The lowest BCUT2D eigenvalue weighted by molar-refractivity contribution is 0.206. The number of ether oxygens (including phenoxy) is 1. The molecule has 2 rings (SSSR count). The van der Waals surface area contributed by atoms with Crippen LogP contribution in [0.25, 0.3) is 0 Å². The minimum absolute atomic E-state index is 0.492. The second-order valence-corrected chi connectivity index (χ2v) is 6.13. The van der Waals surface area contributed by atoms with Gasteiger partial charge in [-0.05, 0) is 38.8 Å². The Morgan fingerprint density at radius 1 is 1.38 bits per heavy atom. The molecule has 0 saturated carbocycles. The van der Waals surface area contributed by atoms with E-state index in [-0.39, 0.29) is 0 Å². The molecule has 0 unspecified atom stereocenters. The molecule has 0 aromatic carbocycles. The maximum atomic E-state index is 5.30. The Morgan fingerprint density at radius 3 is 2.83 bits per heavy atom. The topological polar surface area (TPSA) is 61.8 Å². The van der Waals surface area contributed by atoms with Gasteiger partial charge >= 0.3 is 0 Å². The summed E-state index contributed by atoms with van der Waals surface area (Å²) in [5.41, 5.74) is 0.995. The quantitative estimate of drug-likeness (QED) is 0.590. The first-order valence-corrected chi connectivity index (χ1v) is 9.01. The fourth-order valence-electron chi connectivity index (χ4n) is 3.02. The maximum absolute atomic E-state index is 5.30. The Labute approximate surface area is 145 Å². The number of methoxy groups -OCH3 is 1. The third-order valence-corrected chi connectivity index (χ3v) is 4.26. The fraction of sp³-hybridized carbons (Fsp3) is 0.667. The normalized spacial score (nSPS) is 16.9. The van der Waals surface area contributed by atoms with Crippen LogP contribution in [0.2, 0.25) is 0 Å². The van der Waals surface area contributed by atoms with Crippen molar-refractivity contribution < 1.29 is 4.74 Å². The summed E-state index contributed by atoms with van der Waals surface area (Å²) in [5.74, 6) is 1.52. The Kier molecular flexibility index (Phi) is 7.82. The van der Waals surface area contributed by atoms with Crippen LogP contribution in [0.1, 0.15) is 38.7 Å². The number of nitrogens with zero attached hydrogens (tertiary/aromatic N) is 3. The summed E-state index contributed by atoms with van der Waals surface area (Å²) in [5, 5.41) is 6.92. The Balaban J connectivity index is 1.91. The van der Waals surface area contributed by atoms with Crippen molar-refractivity contribution >= 4 is 5.96 Å². The average molecular weight is 333 g/mol. The van der Waals surface area contributed by atoms with E-state index in [2.05, 4.69) is 34.4 Å². The van der Waals surface area contributed by atoms with Crippen molar-refractivity contribution in [2.75, 3.05) is 33.3 Å². The van der Waals surface area contributed by atoms with Crippen LogP contribution in [0.3, 0.4) is 0 Å². The molecule has 1 aliphatic heterocycles. The lowest BCUT2D eigenvalue weighted by Crippen LogP contribution is -2.48. The summed E-state index contributed by atoms with van der Waals surface area (Å²) < 4.78 is 5.30. The highest BCUT2D eigenvalue weighted by Gasteiger charge is 2.19. The molecule has 1 fully saturated rings. The van der Waals surface area contributed by atoms with Crippen molar-refractivity contribution in [1.82, 2.24) is 20.5 Å². The van der Waals surface area contributed by atoms with Crippen LogP contribution in [0.4, 0.5) is 0 Å². The standard InChI is InChI=1S/C18H31N5O/c1-4-11-23-12-8-16(9-13-23)22-18(19-5-2)21-14-15-7-6-10-20-17(15)24-3/h6-7,10,16H,4-5,8-9,11-14H2,1-3H3,(H2,19,21,22). The van der Waals surface area contributed by atoms with E-state index in [9.17, 15) is 0 Å². The van der Waals surface area contributed by atoms with Crippen LogP contribution in [0.15, 0.2) is 23.3 Å². The van der Waals surface area contributed by atoms with E-state index in [0.29, 0.717) is 18.5 Å². The van der Waals surface area contributed by atoms with E-state index in [1.807, 2.05) is 12.1 Å². The molecule has 0 spiro atoms. The predicted molar refractivity (Wildman–Crippen MR) is 98.5 cm³/mol. The molecule has 1 aromatic heterocycles. The van der Waals surface area contributed by atoms with Gasteiger partial charge in [-0.2, -0.15) is 0 Å². The molecule has 0 bridgehead atoms. The molecule has 2 N–H and O–H groups in total. The van der Waals surface area contributed by atoms with E-state index < -0.39 is 0 Å². The van der Waals surface area contributed by atoms with E-state index in [1.165, 1.54) is 38.9 Å². The molecular weight excluding hydrogens is 302 g/mol. The Morgan fingerprint density at radius 2 is 2.17 bits per heavy atom. The van der Waals surface area contributed by atoms with E-state index in [4.69, 9.17) is 9.73 Å². The number of hydrogen-bond donors (Lipinski definition) is 2. The lowest BCUT2D eigenvalue weighted by atomic mass is 10.1. The Hall–Kier alpha value is -1.82. The largest absolute Gasteiger partial charge is 0.481 e. The van der Waals surface area contributed by atoms with Gasteiger partial charge in [-0.25, -0.2) is 9.98 Å². The number of likely N-dealkylation sites (tertiary alicyclic amines) is 1. The lowest BCUT2D eigenvalue weighted by Gasteiger charge is -2.32. The van der Waals surface area contributed by atoms with Crippen molar-refractivity contribution in [3.63, 3.8) is 0 Å². The van der Waals surface area contributed by atoms with Crippen LogP contribution >= 0.6 is 0 Å². The van der Waals surface area contributed by atoms with Gasteiger partial charge in [0.2, 0.25) is 5.88 Å². The average Bonchev–Trinajstić information content (AvgIpc) is 2.62. The smallest absolute Gasteiger partial charge is 0.218 e. The SMILES string of the molecule is CCCN1CCC(NC(=NCc2cccnc2OC)NCC)CC1. The van der Waals surface area contributed by atoms with Gasteiger partial charge in [-0.15, -0.1) is 0 Å². The maximum Gasteiger partial charge on any atom is 0.218 e. The van der Waals surface area contributed by atoms with Crippen LogP contribution in [-0.2, 0) is 6.54 Å². The number of nitrogens with one attached hydrogen (secondary N) is 2. The first-order valence-electron chi connectivity index (χ1n) is 9.01. The van der Waals surface area contributed by atoms with Gasteiger partial charge in [0.05, 0.1) is 13.7 Å². The highest BCUT2D eigenvalue weighted by molar-refractivity contribution is 5.80. The number of hydrogen-bond acceptors (Lipinski definition) is 4. The second kappa shape index (κ2) is 10.1. The van der Waals surface area contributed by atoms with Crippen molar-refractivity contribution in [2.24, 2.45) is 4.99 Å². The molecule has 1 aromatic rings. The molecule has 6 heteroatoms. The highest BCUT2D eigenvalue weighted by Crippen LogP contribution is 2.15. The van der Waals surface area contributed by atoms with Gasteiger partial charge in [-0.1, -0.05) is 13.0 Å². The molecule has 6 nitrogen and oxygen atoms in total. The van der Waals surface area contributed by atoms with E-state index in [1.54, 1.807) is 13.3 Å². The van der Waals surface area contributed by atoms with E-state index in [0.717, 1.165) is 18.1 Å². The molecule has 2 heterocycles. The summed E-state index contributed by atoms with van der Waals surface area (Å²) in [7, 11) is 1.64. The van der Waals surface area contributed by atoms with Gasteiger partial charge in [0.1, 0.15) is 0 Å². The monoisotopic (exact) mass is 333 g/mol. The Bertz CT molecular complexity index is 512.